The van der Waals surface area contributed by atoms with Crippen LogP contribution in [0.15, 0.2) is 30.6 Å². The summed E-state index contributed by atoms with van der Waals surface area (Å²) in [5, 5.41) is 0. The zero-order valence-corrected chi connectivity index (χ0v) is 10.1. The topological polar surface area (TPSA) is 50.9 Å². The van der Waals surface area contributed by atoms with E-state index in [1.54, 1.807) is 0 Å². The first-order chi connectivity index (χ1) is 9.06. The minimum Gasteiger partial charge on any atom is -0.271 e. The van der Waals surface area contributed by atoms with Crippen molar-refractivity contribution in [1.29, 1.82) is 0 Å². The van der Waals surface area contributed by atoms with Gasteiger partial charge in [-0.2, -0.15) is 0 Å². The average Bonchev–Trinajstić information content (AvgIpc) is 2.41. The van der Waals surface area contributed by atoms with Crippen molar-refractivity contribution in [2.45, 2.75) is 13.0 Å². The van der Waals surface area contributed by atoms with Crippen LogP contribution in [0.5, 0.6) is 0 Å². The van der Waals surface area contributed by atoms with Crippen molar-refractivity contribution >= 4 is 0 Å². The number of aromatic nitrogens is 1. The van der Waals surface area contributed by atoms with E-state index < -0.39 is 23.5 Å². The number of hydrogen-bond donors (Lipinski definition) is 2. The highest BCUT2D eigenvalue weighted by Crippen LogP contribution is 2.27. The van der Waals surface area contributed by atoms with Crippen LogP contribution in [0.3, 0.4) is 0 Å². The molecular formula is C13H12F3N3. The number of hydrogen-bond acceptors (Lipinski definition) is 3. The number of halogens is 3. The highest BCUT2D eigenvalue weighted by atomic mass is 19.2. The normalized spacial score (nSPS) is 12.5. The summed E-state index contributed by atoms with van der Waals surface area (Å²) >= 11 is 0. The first kappa shape index (κ1) is 13.5. The summed E-state index contributed by atoms with van der Waals surface area (Å²) in [5.41, 5.74) is 2.50. The SMILES string of the molecule is Cc1ccc(C(NN)c2ccncc2F)c(F)c1F. The summed E-state index contributed by atoms with van der Waals surface area (Å²) in [6.07, 6.45) is 2.34. The number of aryl methyl sites for hydroxylation is 1. The zero-order valence-electron chi connectivity index (χ0n) is 10.1. The molecule has 0 amide bonds. The molecule has 0 aliphatic heterocycles. The molecule has 1 aromatic heterocycles. The molecule has 6 heteroatoms. The van der Waals surface area contributed by atoms with Gasteiger partial charge in [0.2, 0.25) is 0 Å². The van der Waals surface area contributed by atoms with Crippen LogP contribution in [0.1, 0.15) is 22.7 Å². The summed E-state index contributed by atoms with van der Waals surface area (Å²) in [6.45, 7) is 1.44. The van der Waals surface area contributed by atoms with Crippen molar-refractivity contribution in [3.8, 4) is 0 Å². The largest absolute Gasteiger partial charge is 0.271 e. The van der Waals surface area contributed by atoms with Gasteiger partial charge in [0.15, 0.2) is 11.6 Å². The van der Waals surface area contributed by atoms with E-state index >= 15 is 0 Å². The summed E-state index contributed by atoms with van der Waals surface area (Å²) < 4.78 is 41.1. The standard InChI is InChI=1S/C13H12F3N3/c1-7-2-3-9(12(16)11(7)15)13(19-17)8-4-5-18-6-10(8)14/h2-6,13,19H,17H2,1H3. The van der Waals surface area contributed by atoms with Gasteiger partial charge in [-0.05, 0) is 18.6 Å². The van der Waals surface area contributed by atoms with E-state index in [2.05, 4.69) is 10.4 Å². The highest BCUT2D eigenvalue weighted by Gasteiger charge is 2.22. The van der Waals surface area contributed by atoms with Gasteiger partial charge in [-0.3, -0.25) is 10.8 Å². The molecule has 0 saturated heterocycles. The molecule has 3 nitrogen and oxygen atoms in total. The lowest BCUT2D eigenvalue weighted by atomic mass is 9.98. The number of benzene rings is 1. The molecule has 0 radical (unpaired) electrons. The Balaban J connectivity index is 2.55. The molecule has 3 N–H and O–H groups in total. The van der Waals surface area contributed by atoms with E-state index in [4.69, 9.17) is 5.84 Å². The van der Waals surface area contributed by atoms with E-state index in [1.165, 1.54) is 31.3 Å². The molecular weight excluding hydrogens is 255 g/mol. The van der Waals surface area contributed by atoms with Crippen LogP contribution in [0.25, 0.3) is 0 Å². The second-order valence-corrected chi connectivity index (χ2v) is 4.10. The third kappa shape index (κ3) is 2.45. The van der Waals surface area contributed by atoms with E-state index in [0.29, 0.717) is 0 Å². The molecule has 0 aliphatic rings. The molecule has 2 aromatic rings. The third-order valence-corrected chi connectivity index (χ3v) is 2.90. The van der Waals surface area contributed by atoms with Crippen molar-refractivity contribution in [1.82, 2.24) is 10.4 Å². The molecule has 1 atom stereocenters. The van der Waals surface area contributed by atoms with Crippen molar-refractivity contribution < 1.29 is 13.2 Å². The minimum absolute atomic E-state index is 0.0595. The molecule has 0 fully saturated rings. The van der Waals surface area contributed by atoms with Crippen LogP contribution >= 0.6 is 0 Å². The molecule has 2 rings (SSSR count). The Labute approximate surface area is 108 Å². The zero-order chi connectivity index (χ0) is 14.0. The van der Waals surface area contributed by atoms with E-state index in [-0.39, 0.29) is 16.7 Å². The molecule has 0 bridgehead atoms. The fourth-order valence-corrected chi connectivity index (χ4v) is 1.85. The van der Waals surface area contributed by atoms with Gasteiger partial charge in [-0.25, -0.2) is 18.6 Å². The van der Waals surface area contributed by atoms with Crippen LogP contribution in [0, 0.1) is 24.4 Å². The summed E-state index contributed by atoms with van der Waals surface area (Å²) in [5.74, 6) is 2.68. The van der Waals surface area contributed by atoms with Crippen LogP contribution in [-0.2, 0) is 0 Å². The number of nitrogens with one attached hydrogen (secondary N) is 1. The summed E-state index contributed by atoms with van der Waals surface area (Å²) in [6, 6.07) is 3.16. The van der Waals surface area contributed by atoms with E-state index in [1.807, 2.05) is 0 Å². The Kier molecular flexibility index (Phi) is 3.82. The predicted molar refractivity (Wildman–Crippen MR) is 64.5 cm³/mol. The highest BCUT2D eigenvalue weighted by molar-refractivity contribution is 5.35. The van der Waals surface area contributed by atoms with Gasteiger partial charge in [-0.1, -0.05) is 12.1 Å². The van der Waals surface area contributed by atoms with E-state index in [9.17, 15) is 13.2 Å². The van der Waals surface area contributed by atoms with Gasteiger partial charge >= 0.3 is 0 Å². The van der Waals surface area contributed by atoms with Crippen LogP contribution in [-0.4, -0.2) is 4.98 Å². The number of nitrogens with two attached hydrogens (primary N) is 1. The van der Waals surface area contributed by atoms with Gasteiger partial charge in [0.05, 0.1) is 12.2 Å². The Morgan fingerprint density at radius 3 is 2.47 bits per heavy atom. The van der Waals surface area contributed by atoms with Crippen molar-refractivity contribution in [3.63, 3.8) is 0 Å². The Morgan fingerprint density at radius 1 is 1.11 bits per heavy atom. The lowest BCUT2D eigenvalue weighted by molar-refractivity contribution is 0.473. The summed E-state index contributed by atoms with van der Waals surface area (Å²) in [7, 11) is 0. The Bertz CT molecular complexity index is 602. The second kappa shape index (κ2) is 5.38. The molecule has 1 aromatic carbocycles. The molecule has 19 heavy (non-hydrogen) atoms. The maximum absolute atomic E-state index is 13.9. The lowest BCUT2D eigenvalue weighted by Crippen LogP contribution is -2.30. The predicted octanol–water partition coefficient (Wildman–Crippen LogP) is 2.36. The number of rotatable bonds is 3. The number of hydrazine groups is 1. The third-order valence-electron chi connectivity index (χ3n) is 2.90. The molecule has 0 saturated carbocycles. The van der Waals surface area contributed by atoms with Gasteiger partial charge in [-0.15, -0.1) is 0 Å². The van der Waals surface area contributed by atoms with E-state index in [0.717, 1.165) is 6.20 Å². The smallest absolute Gasteiger partial charge is 0.164 e. The van der Waals surface area contributed by atoms with Crippen LogP contribution in [0.2, 0.25) is 0 Å². The first-order valence-corrected chi connectivity index (χ1v) is 5.56. The molecule has 0 aliphatic carbocycles. The Hall–Kier alpha value is -1.92. The van der Waals surface area contributed by atoms with Gasteiger partial charge in [0.25, 0.3) is 0 Å². The summed E-state index contributed by atoms with van der Waals surface area (Å²) in [4.78, 5) is 3.60. The van der Waals surface area contributed by atoms with Crippen molar-refractivity contribution in [2.24, 2.45) is 5.84 Å². The van der Waals surface area contributed by atoms with Crippen LogP contribution in [0.4, 0.5) is 13.2 Å². The first-order valence-electron chi connectivity index (χ1n) is 5.56. The minimum atomic E-state index is -1.04. The van der Waals surface area contributed by atoms with Crippen molar-refractivity contribution in [3.05, 3.63) is 64.7 Å². The van der Waals surface area contributed by atoms with Gasteiger partial charge < -0.3 is 0 Å². The molecule has 100 valence electrons. The van der Waals surface area contributed by atoms with Crippen molar-refractivity contribution in [2.75, 3.05) is 0 Å². The van der Waals surface area contributed by atoms with Crippen LogP contribution < -0.4 is 11.3 Å². The Morgan fingerprint density at radius 2 is 1.84 bits per heavy atom. The van der Waals surface area contributed by atoms with Gasteiger partial charge in [0, 0.05) is 17.3 Å². The maximum atomic E-state index is 13.9. The second-order valence-electron chi connectivity index (χ2n) is 4.10. The molecule has 1 unspecified atom stereocenters. The number of pyridine rings is 1. The van der Waals surface area contributed by atoms with Gasteiger partial charge in [0.1, 0.15) is 5.82 Å². The number of nitrogens with zero attached hydrogens (tertiary/aromatic N) is 1. The lowest BCUT2D eigenvalue weighted by Gasteiger charge is -2.18. The quantitative estimate of drug-likeness (QED) is 0.663. The molecule has 1 heterocycles. The fraction of sp³-hybridized carbons (Fsp3) is 0.154. The average molecular weight is 267 g/mol. The monoisotopic (exact) mass is 267 g/mol. The molecule has 0 spiro atoms. The fourth-order valence-electron chi connectivity index (χ4n) is 1.85. The maximum Gasteiger partial charge on any atom is 0.164 e.